The zero-order valence-corrected chi connectivity index (χ0v) is 15.8. The van der Waals surface area contributed by atoms with Crippen LogP contribution in [0.4, 0.5) is 4.79 Å². The van der Waals surface area contributed by atoms with E-state index in [4.69, 9.17) is 0 Å². The molecule has 2 aliphatic rings. The van der Waals surface area contributed by atoms with E-state index in [9.17, 15) is 9.59 Å². The molecule has 0 fully saturated rings. The van der Waals surface area contributed by atoms with Crippen LogP contribution in [0.2, 0.25) is 0 Å². The van der Waals surface area contributed by atoms with Crippen molar-refractivity contribution < 1.29 is 9.59 Å². The summed E-state index contributed by atoms with van der Waals surface area (Å²) in [7, 11) is 1.72. The van der Waals surface area contributed by atoms with Crippen LogP contribution in [0, 0.1) is 13.8 Å². The Morgan fingerprint density at radius 2 is 1.81 bits per heavy atom. The Kier molecular flexibility index (Phi) is 4.22. The van der Waals surface area contributed by atoms with E-state index in [0.29, 0.717) is 18.7 Å². The second-order valence-electron chi connectivity index (χ2n) is 7.31. The average Bonchev–Trinajstić information content (AvgIpc) is 2.96. The molecule has 27 heavy (non-hydrogen) atoms. The van der Waals surface area contributed by atoms with Crippen LogP contribution in [0.3, 0.4) is 0 Å². The third-order valence-corrected chi connectivity index (χ3v) is 5.39. The summed E-state index contributed by atoms with van der Waals surface area (Å²) in [6, 6.07) is 15.5. The van der Waals surface area contributed by atoms with E-state index in [1.807, 2.05) is 61.2 Å². The van der Waals surface area contributed by atoms with Gasteiger partial charge in [0, 0.05) is 13.6 Å². The van der Waals surface area contributed by atoms with Gasteiger partial charge in [0.2, 0.25) is 0 Å². The number of aryl methyl sites for hydroxylation is 2. The molecular formula is C22H23N3O2. The van der Waals surface area contributed by atoms with Crippen molar-refractivity contribution in [1.82, 2.24) is 15.1 Å². The fourth-order valence-corrected chi connectivity index (χ4v) is 3.94. The van der Waals surface area contributed by atoms with Crippen LogP contribution in [0.15, 0.2) is 59.8 Å². The van der Waals surface area contributed by atoms with E-state index < -0.39 is 6.04 Å². The minimum atomic E-state index is -0.405. The first-order valence-corrected chi connectivity index (χ1v) is 9.13. The van der Waals surface area contributed by atoms with Gasteiger partial charge in [0.1, 0.15) is 0 Å². The summed E-state index contributed by atoms with van der Waals surface area (Å²) in [6.07, 6.45) is 0. The van der Waals surface area contributed by atoms with Crippen LogP contribution < -0.4 is 5.32 Å². The number of benzene rings is 2. The molecule has 0 aromatic heterocycles. The largest absolute Gasteiger partial charge is 0.329 e. The number of nitrogens with zero attached hydrogens (tertiary/aromatic N) is 2. The predicted octanol–water partition coefficient (Wildman–Crippen LogP) is 3.30. The number of nitrogens with one attached hydrogen (secondary N) is 1. The number of hydrogen-bond acceptors (Lipinski definition) is 2. The number of carbonyl (C=O) groups is 2. The molecule has 1 atom stereocenters. The summed E-state index contributed by atoms with van der Waals surface area (Å²) in [6.45, 7) is 5.05. The Hall–Kier alpha value is -3.08. The summed E-state index contributed by atoms with van der Waals surface area (Å²) in [5.41, 5.74) is 5.77. The molecule has 5 heteroatoms. The molecule has 4 rings (SSSR count). The number of likely N-dealkylation sites (N-methyl/N-ethyl adjacent to an activating group) is 1. The molecule has 0 saturated heterocycles. The van der Waals surface area contributed by atoms with Gasteiger partial charge in [-0.2, -0.15) is 0 Å². The van der Waals surface area contributed by atoms with E-state index in [1.54, 1.807) is 11.9 Å². The minimum absolute atomic E-state index is 0.00863. The summed E-state index contributed by atoms with van der Waals surface area (Å²) in [5.74, 6) is -0.00863. The van der Waals surface area contributed by atoms with Gasteiger partial charge in [-0.15, -0.1) is 0 Å². The molecule has 2 aromatic rings. The lowest BCUT2D eigenvalue weighted by Crippen LogP contribution is -2.45. The number of rotatable bonds is 3. The van der Waals surface area contributed by atoms with Gasteiger partial charge in [0.15, 0.2) is 0 Å². The van der Waals surface area contributed by atoms with E-state index >= 15 is 0 Å². The van der Waals surface area contributed by atoms with Crippen molar-refractivity contribution in [2.75, 3.05) is 13.6 Å². The molecule has 3 amide bonds. The highest BCUT2D eigenvalue weighted by atomic mass is 16.2. The van der Waals surface area contributed by atoms with E-state index in [1.165, 1.54) is 0 Å². The first-order chi connectivity index (χ1) is 13.0. The molecule has 0 radical (unpaired) electrons. The lowest BCUT2D eigenvalue weighted by molar-refractivity contribution is -0.126. The Morgan fingerprint density at radius 3 is 2.52 bits per heavy atom. The highest BCUT2D eigenvalue weighted by Gasteiger charge is 2.43. The maximum absolute atomic E-state index is 13.2. The van der Waals surface area contributed by atoms with Crippen LogP contribution >= 0.6 is 0 Å². The highest BCUT2D eigenvalue weighted by Crippen LogP contribution is 2.37. The van der Waals surface area contributed by atoms with Gasteiger partial charge in [-0.1, -0.05) is 54.1 Å². The van der Waals surface area contributed by atoms with E-state index in [2.05, 4.69) is 11.4 Å². The molecule has 5 nitrogen and oxygen atoms in total. The third-order valence-electron chi connectivity index (χ3n) is 5.39. The van der Waals surface area contributed by atoms with Crippen LogP contribution in [0.1, 0.15) is 28.3 Å². The summed E-state index contributed by atoms with van der Waals surface area (Å²) < 4.78 is 0. The average molecular weight is 361 g/mol. The van der Waals surface area contributed by atoms with Crippen molar-refractivity contribution in [2.24, 2.45) is 0 Å². The molecule has 0 aliphatic carbocycles. The zero-order valence-electron chi connectivity index (χ0n) is 15.8. The van der Waals surface area contributed by atoms with Crippen molar-refractivity contribution in [1.29, 1.82) is 0 Å². The first-order valence-electron chi connectivity index (χ1n) is 9.13. The summed E-state index contributed by atoms with van der Waals surface area (Å²) >= 11 is 0. The SMILES string of the molecule is Cc1ccc(C2NC(=O)N(C)C3=C2C(=O)N(Cc2ccccc2)C3)c(C)c1. The van der Waals surface area contributed by atoms with Crippen molar-refractivity contribution in [3.8, 4) is 0 Å². The second kappa shape index (κ2) is 6.58. The Labute approximate surface area is 159 Å². The molecule has 138 valence electrons. The predicted molar refractivity (Wildman–Crippen MR) is 104 cm³/mol. The number of amides is 3. The maximum Gasteiger partial charge on any atom is 0.322 e. The minimum Gasteiger partial charge on any atom is -0.329 e. The molecule has 0 bridgehead atoms. The van der Waals surface area contributed by atoms with Gasteiger partial charge in [-0.25, -0.2) is 4.79 Å². The highest BCUT2D eigenvalue weighted by molar-refractivity contribution is 6.01. The smallest absolute Gasteiger partial charge is 0.322 e. The van der Waals surface area contributed by atoms with E-state index in [0.717, 1.165) is 28.0 Å². The van der Waals surface area contributed by atoms with Gasteiger partial charge in [0.05, 0.1) is 23.9 Å². The Balaban J connectivity index is 1.71. The standard InChI is InChI=1S/C22H23N3O2/c1-14-9-10-17(15(2)11-14)20-19-18(24(3)22(27)23-20)13-25(21(19)26)12-16-7-5-4-6-8-16/h4-11,20H,12-13H2,1-3H3,(H,23,27). The summed E-state index contributed by atoms with van der Waals surface area (Å²) in [5, 5.41) is 3.01. The molecule has 0 saturated carbocycles. The van der Waals surface area contributed by atoms with Gasteiger partial charge >= 0.3 is 6.03 Å². The second-order valence-corrected chi connectivity index (χ2v) is 7.31. The fraction of sp³-hybridized carbons (Fsp3) is 0.273. The lowest BCUT2D eigenvalue weighted by Gasteiger charge is -2.31. The molecular weight excluding hydrogens is 338 g/mol. The van der Waals surface area contributed by atoms with Crippen LogP contribution in [0.5, 0.6) is 0 Å². The van der Waals surface area contributed by atoms with Crippen LogP contribution in [-0.4, -0.2) is 35.3 Å². The quantitative estimate of drug-likeness (QED) is 0.912. The Morgan fingerprint density at radius 1 is 1.07 bits per heavy atom. The first kappa shape index (κ1) is 17.3. The lowest BCUT2D eigenvalue weighted by atomic mass is 9.91. The number of carbonyl (C=O) groups excluding carboxylic acids is 2. The molecule has 2 aliphatic heterocycles. The van der Waals surface area contributed by atoms with Crippen molar-refractivity contribution in [2.45, 2.75) is 26.4 Å². The Bertz CT molecular complexity index is 949. The fourth-order valence-electron chi connectivity index (χ4n) is 3.94. The molecule has 0 spiro atoms. The van der Waals surface area contributed by atoms with Gasteiger partial charge < -0.3 is 10.2 Å². The zero-order chi connectivity index (χ0) is 19.1. The monoisotopic (exact) mass is 361 g/mol. The maximum atomic E-state index is 13.2. The van der Waals surface area contributed by atoms with Crippen molar-refractivity contribution in [3.63, 3.8) is 0 Å². The van der Waals surface area contributed by atoms with Gasteiger partial charge in [-0.3, -0.25) is 9.69 Å². The van der Waals surface area contributed by atoms with Crippen LogP contribution in [-0.2, 0) is 11.3 Å². The number of urea groups is 1. The third kappa shape index (κ3) is 2.99. The number of hydrogen-bond donors (Lipinski definition) is 1. The normalized spacial score (nSPS) is 19.4. The molecule has 1 N–H and O–H groups in total. The topological polar surface area (TPSA) is 52.7 Å². The molecule has 2 heterocycles. The molecule has 2 aromatic carbocycles. The van der Waals surface area contributed by atoms with Gasteiger partial charge in [0.25, 0.3) is 5.91 Å². The van der Waals surface area contributed by atoms with Crippen LogP contribution in [0.25, 0.3) is 0 Å². The molecule has 1 unspecified atom stereocenters. The van der Waals surface area contributed by atoms with Crippen molar-refractivity contribution in [3.05, 3.63) is 82.1 Å². The van der Waals surface area contributed by atoms with Gasteiger partial charge in [-0.05, 0) is 30.5 Å². The summed E-state index contributed by atoms with van der Waals surface area (Å²) in [4.78, 5) is 29.2. The van der Waals surface area contributed by atoms with E-state index in [-0.39, 0.29) is 11.9 Å². The van der Waals surface area contributed by atoms with Crippen molar-refractivity contribution >= 4 is 11.9 Å².